The Kier molecular flexibility index (Phi) is 5.19. The third-order valence-corrected chi connectivity index (χ3v) is 4.42. The Bertz CT molecular complexity index is 796. The maximum atomic E-state index is 12.2. The molecule has 2 heterocycles. The standard InChI is InChI=1S/C18H19ClN4O2/c19-13-4-1-3-12(9-13)6-8-23-11-14(10-16(23)24)22-18-15(17(20)25)5-2-7-21-18/h1-5,7,9,14H,6,8,10-11H2,(H2,20,25)(H,21,22). The number of nitrogens with one attached hydrogen (secondary N) is 1. The molecule has 1 aliphatic rings. The summed E-state index contributed by atoms with van der Waals surface area (Å²) in [6, 6.07) is 10.8. The fourth-order valence-electron chi connectivity index (χ4n) is 2.95. The second-order valence-electron chi connectivity index (χ2n) is 6.03. The van der Waals surface area contributed by atoms with Gasteiger partial charge in [-0.2, -0.15) is 0 Å². The summed E-state index contributed by atoms with van der Waals surface area (Å²) in [6.07, 6.45) is 2.70. The van der Waals surface area contributed by atoms with E-state index >= 15 is 0 Å². The van der Waals surface area contributed by atoms with E-state index in [0.717, 1.165) is 12.0 Å². The molecule has 25 heavy (non-hydrogen) atoms. The Balaban J connectivity index is 1.60. The highest BCUT2D eigenvalue weighted by Crippen LogP contribution is 2.19. The topological polar surface area (TPSA) is 88.3 Å². The minimum atomic E-state index is -0.544. The van der Waals surface area contributed by atoms with E-state index in [1.165, 1.54) is 0 Å². The van der Waals surface area contributed by atoms with E-state index < -0.39 is 5.91 Å². The number of likely N-dealkylation sites (tertiary alicyclic amines) is 1. The zero-order valence-corrected chi connectivity index (χ0v) is 14.4. The number of benzene rings is 1. The molecule has 0 saturated carbocycles. The van der Waals surface area contributed by atoms with E-state index in [0.29, 0.717) is 35.9 Å². The van der Waals surface area contributed by atoms with Gasteiger partial charge >= 0.3 is 0 Å². The Morgan fingerprint density at radius 3 is 2.96 bits per heavy atom. The van der Waals surface area contributed by atoms with Crippen molar-refractivity contribution in [3.05, 3.63) is 58.7 Å². The number of primary amides is 1. The first kappa shape index (κ1) is 17.2. The van der Waals surface area contributed by atoms with Crippen LogP contribution in [0.5, 0.6) is 0 Å². The lowest BCUT2D eigenvalue weighted by atomic mass is 10.1. The quantitative estimate of drug-likeness (QED) is 0.827. The van der Waals surface area contributed by atoms with Crippen LogP contribution in [0, 0.1) is 0 Å². The van der Waals surface area contributed by atoms with Crippen molar-refractivity contribution in [2.75, 3.05) is 18.4 Å². The number of nitrogens with zero attached hydrogens (tertiary/aromatic N) is 2. The highest BCUT2D eigenvalue weighted by Gasteiger charge is 2.30. The molecule has 3 N–H and O–H groups in total. The average molecular weight is 359 g/mol. The highest BCUT2D eigenvalue weighted by atomic mass is 35.5. The minimum Gasteiger partial charge on any atom is -0.365 e. The van der Waals surface area contributed by atoms with Crippen LogP contribution in [0.25, 0.3) is 0 Å². The Morgan fingerprint density at radius 2 is 2.20 bits per heavy atom. The third kappa shape index (κ3) is 4.28. The SMILES string of the molecule is NC(=O)c1cccnc1NC1CC(=O)N(CCc2cccc(Cl)c2)C1. The molecule has 1 saturated heterocycles. The molecule has 0 radical (unpaired) electrons. The van der Waals surface area contributed by atoms with Crippen LogP contribution in [0.2, 0.25) is 5.02 Å². The maximum Gasteiger partial charge on any atom is 0.252 e. The van der Waals surface area contributed by atoms with Crippen molar-refractivity contribution in [3.63, 3.8) is 0 Å². The van der Waals surface area contributed by atoms with Crippen LogP contribution >= 0.6 is 11.6 Å². The summed E-state index contributed by atoms with van der Waals surface area (Å²) < 4.78 is 0. The normalized spacial score (nSPS) is 16.9. The average Bonchev–Trinajstić information content (AvgIpc) is 2.93. The molecule has 2 amide bonds. The van der Waals surface area contributed by atoms with Crippen molar-refractivity contribution in [1.82, 2.24) is 9.88 Å². The summed E-state index contributed by atoms with van der Waals surface area (Å²) in [5.74, 6) is -0.0432. The van der Waals surface area contributed by atoms with Gasteiger partial charge < -0.3 is 16.0 Å². The summed E-state index contributed by atoms with van der Waals surface area (Å²) in [5.41, 5.74) is 6.78. The summed E-state index contributed by atoms with van der Waals surface area (Å²) in [7, 11) is 0. The van der Waals surface area contributed by atoms with Crippen molar-refractivity contribution in [2.24, 2.45) is 5.73 Å². The van der Waals surface area contributed by atoms with E-state index in [4.69, 9.17) is 17.3 Å². The van der Waals surface area contributed by atoms with E-state index in [1.54, 1.807) is 18.3 Å². The Hall–Kier alpha value is -2.60. The number of nitrogens with two attached hydrogens (primary N) is 1. The van der Waals surface area contributed by atoms with Gasteiger partial charge in [0.15, 0.2) is 0 Å². The molecule has 0 spiro atoms. The molecule has 1 atom stereocenters. The molecule has 1 fully saturated rings. The Labute approximate surface area is 151 Å². The molecule has 130 valence electrons. The van der Waals surface area contributed by atoms with Crippen molar-refractivity contribution in [1.29, 1.82) is 0 Å². The third-order valence-electron chi connectivity index (χ3n) is 4.19. The molecule has 1 aromatic heterocycles. The molecule has 0 bridgehead atoms. The fraction of sp³-hybridized carbons (Fsp3) is 0.278. The molecular weight excluding hydrogens is 340 g/mol. The summed E-state index contributed by atoms with van der Waals surface area (Å²) in [5, 5.41) is 3.86. The number of rotatable bonds is 6. The highest BCUT2D eigenvalue weighted by molar-refractivity contribution is 6.30. The van der Waals surface area contributed by atoms with Crippen LogP contribution in [0.4, 0.5) is 5.82 Å². The van der Waals surface area contributed by atoms with Crippen molar-refractivity contribution < 1.29 is 9.59 Å². The van der Waals surface area contributed by atoms with Gasteiger partial charge in [-0.3, -0.25) is 9.59 Å². The predicted octanol–water partition coefficient (Wildman–Crippen LogP) is 2.09. The zero-order valence-electron chi connectivity index (χ0n) is 13.6. The smallest absolute Gasteiger partial charge is 0.252 e. The van der Waals surface area contributed by atoms with Gasteiger partial charge in [0.1, 0.15) is 5.82 Å². The number of pyridine rings is 1. The second kappa shape index (κ2) is 7.53. The molecule has 1 aliphatic heterocycles. The molecule has 6 nitrogen and oxygen atoms in total. The van der Waals surface area contributed by atoms with Gasteiger partial charge in [-0.05, 0) is 36.2 Å². The van der Waals surface area contributed by atoms with Gasteiger partial charge in [0.25, 0.3) is 5.91 Å². The Morgan fingerprint density at radius 1 is 1.36 bits per heavy atom. The van der Waals surface area contributed by atoms with E-state index in [-0.39, 0.29) is 11.9 Å². The van der Waals surface area contributed by atoms with Crippen LogP contribution in [0.15, 0.2) is 42.6 Å². The first-order chi connectivity index (χ1) is 12.0. The van der Waals surface area contributed by atoms with Crippen LogP contribution in [-0.4, -0.2) is 40.8 Å². The first-order valence-electron chi connectivity index (χ1n) is 8.06. The van der Waals surface area contributed by atoms with Crippen LogP contribution in [-0.2, 0) is 11.2 Å². The molecule has 1 aromatic carbocycles. The fourth-order valence-corrected chi connectivity index (χ4v) is 3.17. The number of carbonyl (C=O) groups is 2. The molecule has 0 aliphatic carbocycles. The second-order valence-corrected chi connectivity index (χ2v) is 6.47. The molecular formula is C18H19ClN4O2. The molecule has 1 unspecified atom stereocenters. The largest absolute Gasteiger partial charge is 0.365 e. The van der Waals surface area contributed by atoms with Gasteiger partial charge in [0, 0.05) is 30.7 Å². The predicted molar refractivity (Wildman–Crippen MR) is 96.5 cm³/mol. The van der Waals surface area contributed by atoms with E-state index in [9.17, 15) is 9.59 Å². The monoisotopic (exact) mass is 358 g/mol. The van der Waals surface area contributed by atoms with E-state index in [1.807, 2.05) is 29.2 Å². The van der Waals surface area contributed by atoms with Crippen molar-refractivity contribution >= 4 is 29.2 Å². The first-order valence-corrected chi connectivity index (χ1v) is 8.44. The molecule has 7 heteroatoms. The number of halogens is 1. The molecule has 3 rings (SSSR count). The number of aromatic nitrogens is 1. The lowest BCUT2D eigenvalue weighted by molar-refractivity contribution is -0.127. The minimum absolute atomic E-state index is 0.0797. The van der Waals surface area contributed by atoms with Gasteiger partial charge in [-0.1, -0.05) is 23.7 Å². The van der Waals surface area contributed by atoms with Gasteiger partial charge in [-0.25, -0.2) is 4.98 Å². The van der Waals surface area contributed by atoms with Gasteiger partial charge in [-0.15, -0.1) is 0 Å². The van der Waals surface area contributed by atoms with Crippen LogP contribution in [0.3, 0.4) is 0 Å². The van der Waals surface area contributed by atoms with Gasteiger partial charge in [0.2, 0.25) is 5.91 Å². The van der Waals surface area contributed by atoms with Gasteiger partial charge in [0.05, 0.1) is 11.6 Å². The van der Waals surface area contributed by atoms with Crippen LogP contribution in [0.1, 0.15) is 22.3 Å². The lowest BCUT2D eigenvalue weighted by Gasteiger charge is -2.18. The number of carbonyl (C=O) groups excluding carboxylic acids is 2. The maximum absolute atomic E-state index is 12.2. The van der Waals surface area contributed by atoms with E-state index in [2.05, 4.69) is 10.3 Å². The lowest BCUT2D eigenvalue weighted by Crippen LogP contribution is -2.30. The van der Waals surface area contributed by atoms with Crippen LogP contribution < -0.4 is 11.1 Å². The summed E-state index contributed by atoms with van der Waals surface area (Å²) >= 11 is 5.99. The summed E-state index contributed by atoms with van der Waals surface area (Å²) in [6.45, 7) is 1.19. The van der Waals surface area contributed by atoms with Crippen molar-refractivity contribution in [2.45, 2.75) is 18.9 Å². The number of hydrogen-bond acceptors (Lipinski definition) is 4. The molecule has 2 aromatic rings. The number of hydrogen-bond donors (Lipinski definition) is 2. The number of anilines is 1. The van der Waals surface area contributed by atoms with Crippen molar-refractivity contribution in [3.8, 4) is 0 Å². The number of amides is 2. The zero-order chi connectivity index (χ0) is 17.8. The summed E-state index contributed by atoms with van der Waals surface area (Å²) in [4.78, 5) is 29.7.